The third-order valence-electron chi connectivity index (χ3n) is 0.878. The van der Waals surface area contributed by atoms with Gasteiger partial charge in [0.2, 0.25) is 0 Å². The van der Waals surface area contributed by atoms with Gasteiger partial charge >= 0.3 is 0 Å². The lowest BCUT2D eigenvalue weighted by molar-refractivity contribution is 0.146. The molecule has 0 aromatic carbocycles. The molecule has 0 amide bonds. The second-order valence-corrected chi connectivity index (χ2v) is 1.57. The molecule has 35 valence electrons. The first kappa shape index (κ1) is 4.13. The second kappa shape index (κ2) is 1.61. The fourth-order valence-electron chi connectivity index (χ4n) is 0.401. The minimum Gasteiger partial charge on any atom is -0.378 e. The van der Waals surface area contributed by atoms with Crippen LogP contribution in [0.4, 0.5) is 0 Å². The highest BCUT2D eigenvalue weighted by Crippen LogP contribution is 2.22. The Hall–Kier alpha value is -0.0400. The summed E-state index contributed by atoms with van der Waals surface area (Å²) in [5, 5.41) is 0. The van der Waals surface area contributed by atoms with Crippen LogP contribution in [-0.2, 0) is 4.74 Å². The van der Waals surface area contributed by atoms with Crippen molar-refractivity contribution in [3.05, 3.63) is 6.92 Å². The average molecular weight is 85.1 g/mol. The number of rotatable bonds is 2. The van der Waals surface area contributed by atoms with Crippen LogP contribution in [0.25, 0.3) is 0 Å². The lowest BCUT2D eigenvalue weighted by atomic mass is 10.8. The molecule has 0 heterocycles. The van der Waals surface area contributed by atoms with Crippen molar-refractivity contribution in [2.75, 3.05) is 6.61 Å². The third kappa shape index (κ3) is 0.977. The summed E-state index contributed by atoms with van der Waals surface area (Å²) in [5.74, 6) is 0. The minimum atomic E-state index is 0.586. The molecular formula is C5H9O. The van der Waals surface area contributed by atoms with Gasteiger partial charge in [-0.1, -0.05) is 0 Å². The van der Waals surface area contributed by atoms with Crippen molar-refractivity contribution < 1.29 is 4.74 Å². The summed E-state index contributed by atoms with van der Waals surface area (Å²) in [6, 6.07) is 0. The zero-order chi connectivity index (χ0) is 4.41. The van der Waals surface area contributed by atoms with Crippen molar-refractivity contribution in [2.45, 2.75) is 18.9 Å². The van der Waals surface area contributed by atoms with Gasteiger partial charge in [0, 0.05) is 6.61 Å². The quantitative estimate of drug-likeness (QED) is 0.486. The van der Waals surface area contributed by atoms with E-state index in [0.29, 0.717) is 12.7 Å². The molecule has 6 heavy (non-hydrogen) atoms. The molecule has 1 fully saturated rings. The van der Waals surface area contributed by atoms with Crippen molar-refractivity contribution in [3.63, 3.8) is 0 Å². The van der Waals surface area contributed by atoms with Crippen LogP contribution >= 0.6 is 0 Å². The van der Waals surface area contributed by atoms with Gasteiger partial charge in [0.1, 0.15) is 0 Å². The van der Waals surface area contributed by atoms with Crippen molar-refractivity contribution in [3.8, 4) is 0 Å². The normalized spacial score (nSPS) is 21.5. The van der Waals surface area contributed by atoms with E-state index in [9.17, 15) is 0 Å². The molecule has 1 radical (unpaired) electrons. The van der Waals surface area contributed by atoms with Crippen molar-refractivity contribution in [1.82, 2.24) is 0 Å². The summed E-state index contributed by atoms with van der Waals surface area (Å²) in [7, 11) is 0. The Bertz CT molecular complexity index is 39.2. The maximum atomic E-state index is 5.04. The second-order valence-electron chi connectivity index (χ2n) is 1.57. The molecule has 0 saturated heterocycles. The Kier molecular flexibility index (Phi) is 1.10. The molecule has 0 unspecified atom stereocenters. The van der Waals surface area contributed by atoms with Crippen LogP contribution in [0.3, 0.4) is 0 Å². The van der Waals surface area contributed by atoms with Crippen LogP contribution in [0, 0.1) is 6.92 Å². The Labute approximate surface area is 38.3 Å². The first-order valence-electron chi connectivity index (χ1n) is 2.34. The monoisotopic (exact) mass is 85.1 g/mol. The molecule has 1 rings (SSSR count). The van der Waals surface area contributed by atoms with Crippen LogP contribution in [-0.4, -0.2) is 12.7 Å². The lowest BCUT2D eigenvalue weighted by Crippen LogP contribution is -1.89. The van der Waals surface area contributed by atoms with Crippen LogP contribution in [0.1, 0.15) is 12.8 Å². The van der Waals surface area contributed by atoms with Crippen LogP contribution in [0.5, 0.6) is 0 Å². The smallest absolute Gasteiger partial charge is 0.0577 e. The summed E-state index contributed by atoms with van der Waals surface area (Å²) in [6.07, 6.45) is 3.10. The molecular weight excluding hydrogens is 76.1 g/mol. The molecule has 0 aromatic heterocycles. The molecule has 1 aliphatic rings. The molecule has 0 spiro atoms. The van der Waals surface area contributed by atoms with Crippen LogP contribution in [0.15, 0.2) is 0 Å². The van der Waals surface area contributed by atoms with Crippen LogP contribution < -0.4 is 0 Å². The zero-order valence-corrected chi connectivity index (χ0v) is 3.81. The summed E-state index contributed by atoms with van der Waals surface area (Å²) < 4.78 is 5.04. The van der Waals surface area contributed by atoms with Gasteiger partial charge in [-0.3, -0.25) is 0 Å². The highest BCUT2D eigenvalue weighted by Gasteiger charge is 2.20. The first-order chi connectivity index (χ1) is 2.93. The van der Waals surface area contributed by atoms with E-state index in [1.807, 2.05) is 0 Å². The lowest BCUT2D eigenvalue weighted by Gasteiger charge is -1.89. The van der Waals surface area contributed by atoms with E-state index in [-0.39, 0.29) is 0 Å². The first-order valence-corrected chi connectivity index (χ1v) is 2.34. The van der Waals surface area contributed by atoms with Gasteiger partial charge in [0.25, 0.3) is 0 Å². The predicted molar refractivity (Wildman–Crippen MR) is 24.3 cm³/mol. The Morgan fingerprint density at radius 3 is 2.50 bits per heavy atom. The molecule has 1 saturated carbocycles. The van der Waals surface area contributed by atoms with E-state index < -0.39 is 0 Å². The number of ether oxygens (including phenoxy) is 1. The van der Waals surface area contributed by atoms with Crippen molar-refractivity contribution >= 4 is 0 Å². The van der Waals surface area contributed by atoms with Crippen molar-refractivity contribution in [2.24, 2.45) is 0 Å². The van der Waals surface area contributed by atoms with E-state index >= 15 is 0 Å². The SMILES string of the molecule is [CH2]COC1CC1. The van der Waals surface area contributed by atoms with Gasteiger partial charge in [-0.25, -0.2) is 0 Å². The summed E-state index contributed by atoms with van der Waals surface area (Å²) >= 11 is 0. The zero-order valence-electron chi connectivity index (χ0n) is 3.81. The van der Waals surface area contributed by atoms with Gasteiger partial charge in [0.05, 0.1) is 6.10 Å². The molecule has 0 aromatic rings. The largest absolute Gasteiger partial charge is 0.378 e. The fraction of sp³-hybridized carbons (Fsp3) is 0.800. The van der Waals surface area contributed by atoms with Gasteiger partial charge in [-0.2, -0.15) is 0 Å². The predicted octanol–water partition coefficient (Wildman–Crippen LogP) is 0.999. The standard InChI is InChI=1S/C5H9O/c1-2-6-5-3-4-5/h5H,1-4H2. The number of hydrogen-bond donors (Lipinski definition) is 0. The van der Waals surface area contributed by atoms with Gasteiger partial charge in [-0.15, -0.1) is 0 Å². The number of hydrogen-bond acceptors (Lipinski definition) is 1. The van der Waals surface area contributed by atoms with E-state index in [2.05, 4.69) is 6.92 Å². The van der Waals surface area contributed by atoms with Gasteiger partial charge < -0.3 is 4.74 Å². The van der Waals surface area contributed by atoms with E-state index in [0.717, 1.165) is 0 Å². The molecule has 0 N–H and O–H groups in total. The molecule has 1 heteroatoms. The summed E-state index contributed by atoms with van der Waals surface area (Å²) in [5.41, 5.74) is 0. The molecule has 1 nitrogen and oxygen atoms in total. The summed E-state index contributed by atoms with van der Waals surface area (Å²) in [6.45, 7) is 4.19. The van der Waals surface area contributed by atoms with E-state index in [4.69, 9.17) is 4.74 Å². The highest BCUT2D eigenvalue weighted by molar-refractivity contribution is 4.72. The topological polar surface area (TPSA) is 9.23 Å². The molecule has 0 atom stereocenters. The maximum absolute atomic E-state index is 5.04. The molecule has 1 aliphatic carbocycles. The Morgan fingerprint density at radius 2 is 2.33 bits per heavy atom. The van der Waals surface area contributed by atoms with Crippen molar-refractivity contribution in [1.29, 1.82) is 0 Å². The third-order valence-corrected chi connectivity index (χ3v) is 0.878. The maximum Gasteiger partial charge on any atom is 0.0577 e. The summed E-state index contributed by atoms with van der Waals surface area (Å²) in [4.78, 5) is 0. The molecule has 0 bridgehead atoms. The highest BCUT2D eigenvalue weighted by atomic mass is 16.5. The van der Waals surface area contributed by atoms with E-state index in [1.54, 1.807) is 0 Å². The fourth-order valence-corrected chi connectivity index (χ4v) is 0.401. The van der Waals surface area contributed by atoms with Crippen LogP contribution in [0.2, 0.25) is 0 Å². The van der Waals surface area contributed by atoms with E-state index in [1.165, 1.54) is 12.8 Å². The van der Waals surface area contributed by atoms with Gasteiger partial charge in [0.15, 0.2) is 0 Å². The van der Waals surface area contributed by atoms with Gasteiger partial charge in [-0.05, 0) is 19.8 Å². The Balaban J connectivity index is 1.88. The Morgan fingerprint density at radius 1 is 1.67 bits per heavy atom. The molecule has 0 aliphatic heterocycles. The minimum absolute atomic E-state index is 0.586. The average Bonchev–Trinajstić information content (AvgIpc) is 2.21.